The molecule has 3 rings (SSSR count). The van der Waals surface area contributed by atoms with Crippen LogP contribution < -0.4 is 4.90 Å². The van der Waals surface area contributed by atoms with Gasteiger partial charge in [0.2, 0.25) is 0 Å². The van der Waals surface area contributed by atoms with Crippen molar-refractivity contribution in [1.82, 2.24) is 19.7 Å². The normalized spacial score (nSPS) is 26.4. The Hall–Kier alpha value is -1.81. The zero-order chi connectivity index (χ0) is 18.0. The summed E-state index contributed by atoms with van der Waals surface area (Å²) in [4.78, 5) is 10.8. The lowest BCUT2D eigenvalue weighted by molar-refractivity contribution is -0.0566. The van der Waals surface area contributed by atoms with Gasteiger partial charge in [-0.1, -0.05) is 13.3 Å². The van der Waals surface area contributed by atoms with Crippen LogP contribution in [0.5, 0.6) is 0 Å². The molecule has 0 amide bonds. The highest BCUT2D eigenvalue weighted by atomic mass is 16.6. The Balaban J connectivity index is 1.96. The monoisotopic (exact) mass is 351 g/mol. The third kappa shape index (κ3) is 3.20. The summed E-state index contributed by atoms with van der Waals surface area (Å²) in [6, 6.07) is 0. The summed E-state index contributed by atoms with van der Waals surface area (Å²) < 4.78 is 7.00. The number of hydrogen-bond acceptors (Lipinski definition) is 8. The number of unbranched alkanes of at least 4 members (excludes halogenated alkanes) is 1. The Morgan fingerprint density at radius 3 is 2.68 bits per heavy atom. The second-order valence-corrected chi connectivity index (χ2v) is 6.19. The third-order valence-electron chi connectivity index (χ3n) is 4.59. The van der Waals surface area contributed by atoms with Crippen LogP contribution in [0.1, 0.15) is 32.9 Å². The Kier molecular flexibility index (Phi) is 5.48. The van der Waals surface area contributed by atoms with Gasteiger partial charge in [0.05, 0.1) is 18.2 Å². The average molecular weight is 351 g/mol. The van der Waals surface area contributed by atoms with Crippen molar-refractivity contribution in [2.45, 2.75) is 51.2 Å². The average Bonchev–Trinajstić information content (AvgIpc) is 3.18. The van der Waals surface area contributed by atoms with Crippen molar-refractivity contribution in [3.8, 4) is 0 Å². The van der Waals surface area contributed by atoms with Crippen LogP contribution in [-0.2, 0) is 4.74 Å². The van der Waals surface area contributed by atoms with Gasteiger partial charge < -0.3 is 25.0 Å². The predicted molar refractivity (Wildman–Crippen MR) is 91.1 cm³/mol. The number of fused-ring (bicyclic) bond motifs is 1. The maximum absolute atomic E-state index is 10.2. The fourth-order valence-electron chi connectivity index (χ4n) is 3.13. The summed E-state index contributed by atoms with van der Waals surface area (Å²) in [6.45, 7) is 5.53. The molecule has 0 bridgehead atoms. The van der Waals surface area contributed by atoms with E-state index in [2.05, 4.69) is 33.8 Å². The quantitative estimate of drug-likeness (QED) is 0.641. The summed E-state index contributed by atoms with van der Waals surface area (Å²) in [5.41, 5.74) is 0.523. The Morgan fingerprint density at radius 2 is 2.04 bits per heavy atom. The van der Waals surface area contributed by atoms with Gasteiger partial charge in [-0.15, -0.1) is 0 Å². The summed E-state index contributed by atoms with van der Waals surface area (Å²) in [6.07, 6.45) is 1.14. The second-order valence-electron chi connectivity index (χ2n) is 6.19. The molecule has 3 N–H and O–H groups in total. The number of aromatic nitrogens is 4. The van der Waals surface area contributed by atoms with E-state index in [4.69, 9.17) is 4.74 Å². The molecule has 0 saturated carbocycles. The molecule has 2 aromatic rings. The second kappa shape index (κ2) is 7.61. The molecule has 0 aromatic carbocycles. The maximum Gasteiger partial charge on any atom is 0.181 e. The largest absolute Gasteiger partial charge is 0.394 e. The zero-order valence-corrected chi connectivity index (χ0v) is 14.5. The van der Waals surface area contributed by atoms with Crippen molar-refractivity contribution in [1.29, 1.82) is 0 Å². The fourth-order valence-corrected chi connectivity index (χ4v) is 3.13. The van der Waals surface area contributed by atoms with Gasteiger partial charge >= 0.3 is 0 Å². The SMILES string of the molecule is CCCCN(CC)c1ncnc2c1cnn2C1OC(CO)C(O)C1O. The molecule has 9 heteroatoms. The Bertz CT molecular complexity index is 709. The highest BCUT2D eigenvalue weighted by Gasteiger charge is 2.44. The number of ether oxygens (including phenoxy) is 1. The summed E-state index contributed by atoms with van der Waals surface area (Å²) in [5, 5.41) is 34.5. The minimum absolute atomic E-state index is 0.380. The van der Waals surface area contributed by atoms with Crippen LogP contribution in [0.3, 0.4) is 0 Å². The predicted octanol–water partition coefficient (Wildman–Crippen LogP) is 0.0642. The van der Waals surface area contributed by atoms with Crippen LogP contribution in [-0.4, -0.2) is 73.1 Å². The zero-order valence-electron chi connectivity index (χ0n) is 14.5. The molecule has 138 valence electrons. The molecule has 4 unspecified atom stereocenters. The molecule has 2 aromatic heterocycles. The van der Waals surface area contributed by atoms with Crippen molar-refractivity contribution in [3.63, 3.8) is 0 Å². The van der Waals surface area contributed by atoms with E-state index in [-0.39, 0.29) is 6.61 Å². The molecule has 1 aliphatic heterocycles. The summed E-state index contributed by atoms with van der Waals surface area (Å²) in [5.74, 6) is 0.791. The first-order chi connectivity index (χ1) is 12.1. The molecule has 0 aliphatic carbocycles. The number of aliphatic hydroxyl groups excluding tert-OH is 3. The van der Waals surface area contributed by atoms with Gasteiger partial charge in [-0.2, -0.15) is 5.10 Å². The lowest BCUT2D eigenvalue weighted by atomic mass is 10.1. The molecule has 25 heavy (non-hydrogen) atoms. The van der Waals surface area contributed by atoms with E-state index in [9.17, 15) is 15.3 Å². The van der Waals surface area contributed by atoms with Crippen molar-refractivity contribution in [2.24, 2.45) is 0 Å². The van der Waals surface area contributed by atoms with Crippen LogP contribution in [0.2, 0.25) is 0 Å². The van der Waals surface area contributed by atoms with Crippen molar-refractivity contribution >= 4 is 16.9 Å². The van der Waals surface area contributed by atoms with Crippen LogP contribution >= 0.6 is 0 Å². The Morgan fingerprint density at radius 1 is 1.24 bits per heavy atom. The smallest absolute Gasteiger partial charge is 0.181 e. The van der Waals surface area contributed by atoms with E-state index in [1.54, 1.807) is 6.20 Å². The number of rotatable bonds is 7. The summed E-state index contributed by atoms with van der Waals surface area (Å²) >= 11 is 0. The van der Waals surface area contributed by atoms with Gasteiger partial charge in [0.1, 0.15) is 30.5 Å². The van der Waals surface area contributed by atoms with Crippen molar-refractivity contribution in [2.75, 3.05) is 24.6 Å². The van der Waals surface area contributed by atoms with Crippen LogP contribution in [0.4, 0.5) is 5.82 Å². The van der Waals surface area contributed by atoms with Gasteiger partial charge in [0.25, 0.3) is 0 Å². The lowest BCUT2D eigenvalue weighted by Gasteiger charge is -2.22. The standard InChI is InChI=1S/C16H25N5O4/c1-3-5-6-20(4-2)14-10-7-19-21(15(10)18-9-17-14)16-13(24)12(23)11(8-22)25-16/h7,9,11-13,16,22-24H,3-6,8H2,1-2H3. The molecule has 0 radical (unpaired) electrons. The van der Waals surface area contributed by atoms with Crippen LogP contribution in [0, 0.1) is 0 Å². The minimum Gasteiger partial charge on any atom is -0.394 e. The van der Waals surface area contributed by atoms with E-state index in [1.165, 1.54) is 11.0 Å². The van der Waals surface area contributed by atoms with E-state index in [1.807, 2.05) is 0 Å². The van der Waals surface area contributed by atoms with Crippen LogP contribution in [0.15, 0.2) is 12.5 Å². The van der Waals surface area contributed by atoms with E-state index < -0.39 is 24.5 Å². The molecule has 1 saturated heterocycles. The number of aliphatic hydroxyl groups is 3. The van der Waals surface area contributed by atoms with Crippen molar-refractivity contribution < 1.29 is 20.1 Å². The highest BCUT2D eigenvalue weighted by molar-refractivity contribution is 5.86. The molecule has 9 nitrogen and oxygen atoms in total. The summed E-state index contributed by atoms with van der Waals surface area (Å²) in [7, 11) is 0. The Labute approximate surface area is 145 Å². The lowest BCUT2D eigenvalue weighted by Crippen LogP contribution is -2.33. The first-order valence-electron chi connectivity index (χ1n) is 8.67. The van der Waals surface area contributed by atoms with Gasteiger partial charge in [0, 0.05) is 13.1 Å². The molecule has 3 heterocycles. The van der Waals surface area contributed by atoms with Gasteiger partial charge in [-0.05, 0) is 13.3 Å². The van der Waals surface area contributed by atoms with E-state index >= 15 is 0 Å². The van der Waals surface area contributed by atoms with Gasteiger partial charge in [0.15, 0.2) is 11.9 Å². The number of anilines is 1. The van der Waals surface area contributed by atoms with E-state index in [0.29, 0.717) is 5.65 Å². The highest BCUT2D eigenvalue weighted by Crippen LogP contribution is 2.32. The van der Waals surface area contributed by atoms with Gasteiger partial charge in [-0.3, -0.25) is 0 Å². The molecule has 4 atom stereocenters. The molecule has 0 spiro atoms. The first kappa shape index (κ1) is 18.0. The van der Waals surface area contributed by atoms with E-state index in [0.717, 1.165) is 37.1 Å². The first-order valence-corrected chi connectivity index (χ1v) is 8.67. The molecular weight excluding hydrogens is 326 g/mol. The third-order valence-corrected chi connectivity index (χ3v) is 4.59. The number of nitrogens with zero attached hydrogens (tertiary/aromatic N) is 5. The van der Waals surface area contributed by atoms with Crippen molar-refractivity contribution in [3.05, 3.63) is 12.5 Å². The molecule has 1 aliphatic rings. The molecular formula is C16H25N5O4. The maximum atomic E-state index is 10.2. The fraction of sp³-hybridized carbons (Fsp3) is 0.688. The molecule has 1 fully saturated rings. The topological polar surface area (TPSA) is 117 Å². The van der Waals surface area contributed by atoms with Crippen LogP contribution in [0.25, 0.3) is 11.0 Å². The van der Waals surface area contributed by atoms with Gasteiger partial charge in [-0.25, -0.2) is 14.6 Å². The number of hydrogen-bond donors (Lipinski definition) is 3. The minimum atomic E-state index is -1.19.